The van der Waals surface area contributed by atoms with Crippen molar-refractivity contribution in [3.8, 4) is 0 Å². The number of hydrogen-bond donors (Lipinski definition) is 0. The first-order valence-corrected chi connectivity index (χ1v) is 8.35. The molecule has 0 saturated heterocycles. The zero-order chi connectivity index (χ0) is 16.9. The molecule has 0 fully saturated rings. The van der Waals surface area contributed by atoms with Crippen LogP contribution in [0.1, 0.15) is 55.7 Å². The Bertz CT molecular complexity index is 517. The van der Waals surface area contributed by atoms with E-state index in [1.807, 2.05) is 0 Å². The van der Waals surface area contributed by atoms with Crippen molar-refractivity contribution in [3.63, 3.8) is 0 Å². The summed E-state index contributed by atoms with van der Waals surface area (Å²) in [5.41, 5.74) is 0.464. The third kappa shape index (κ3) is 4.48. The van der Waals surface area contributed by atoms with Crippen LogP contribution in [0.25, 0.3) is 0 Å². The van der Waals surface area contributed by atoms with E-state index in [2.05, 4.69) is 11.7 Å². The van der Waals surface area contributed by atoms with Crippen molar-refractivity contribution in [1.82, 2.24) is 0 Å². The van der Waals surface area contributed by atoms with E-state index in [9.17, 15) is 13.2 Å². The number of ether oxygens (including phenoxy) is 2. The Morgan fingerprint density at radius 2 is 2.00 bits per heavy atom. The molecular weight excluding hydrogens is 305 g/mol. The van der Waals surface area contributed by atoms with Gasteiger partial charge in [-0.3, -0.25) is 0 Å². The fourth-order valence-corrected chi connectivity index (χ4v) is 3.03. The quantitative estimate of drug-likeness (QED) is 0.626. The molecule has 23 heavy (non-hydrogen) atoms. The summed E-state index contributed by atoms with van der Waals surface area (Å²) in [5, 5.41) is 0. The van der Waals surface area contributed by atoms with Gasteiger partial charge in [0.25, 0.3) is 0 Å². The summed E-state index contributed by atoms with van der Waals surface area (Å²) in [6.45, 7) is 2.87. The van der Waals surface area contributed by atoms with Crippen LogP contribution >= 0.6 is 0 Å². The number of methoxy groups -OCH3 is 1. The number of alkyl halides is 2. The number of benzene rings is 1. The number of unbranched alkanes of at least 4 members (excludes halogenated alkanes) is 3. The number of halogens is 3. The topological polar surface area (TPSA) is 18.5 Å². The SMILES string of the molecule is CCCCCCOC1CCc2c(ccc(C(F)(F)OC)c2F)C1. The predicted octanol–water partition coefficient (Wildman–Crippen LogP) is 4.98. The molecule has 1 atom stereocenters. The van der Waals surface area contributed by atoms with Gasteiger partial charge in [-0.2, -0.15) is 8.78 Å². The molecular formula is C18H25F3O2. The zero-order valence-electron chi connectivity index (χ0n) is 13.8. The lowest BCUT2D eigenvalue weighted by atomic mass is 9.87. The Hall–Kier alpha value is -1.07. The second-order valence-electron chi connectivity index (χ2n) is 6.08. The van der Waals surface area contributed by atoms with Gasteiger partial charge < -0.3 is 9.47 Å². The van der Waals surface area contributed by atoms with Crippen LogP contribution in [0.2, 0.25) is 0 Å². The molecule has 1 aliphatic carbocycles. The highest BCUT2D eigenvalue weighted by molar-refractivity contribution is 5.37. The van der Waals surface area contributed by atoms with Crippen LogP contribution in [-0.4, -0.2) is 19.8 Å². The summed E-state index contributed by atoms with van der Waals surface area (Å²) in [7, 11) is 0.876. The fourth-order valence-electron chi connectivity index (χ4n) is 3.03. The maximum Gasteiger partial charge on any atom is 0.385 e. The average Bonchev–Trinajstić information content (AvgIpc) is 2.54. The van der Waals surface area contributed by atoms with E-state index in [1.165, 1.54) is 12.8 Å². The molecule has 0 heterocycles. The van der Waals surface area contributed by atoms with Crippen LogP contribution in [0.4, 0.5) is 13.2 Å². The van der Waals surface area contributed by atoms with E-state index in [1.54, 1.807) is 6.07 Å². The summed E-state index contributed by atoms with van der Waals surface area (Å²) >= 11 is 0. The fraction of sp³-hybridized carbons (Fsp3) is 0.667. The van der Waals surface area contributed by atoms with Crippen molar-refractivity contribution in [1.29, 1.82) is 0 Å². The maximum atomic E-state index is 14.4. The van der Waals surface area contributed by atoms with Gasteiger partial charge in [-0.05, 0) is 42.9 Å². The molecule has 0 N–H and O–H groups in total. The van der Waals surface area contributed by atoms with Crippen molar-refractivity contribution in [2.24, 2.45) is 0 Å². The van der Waals surface area contributed by atoms with Gasteiger partial charge >= 0.3 is 6.11 Å². The molecule has 0 saturated carbocycles. The van der Waals surface area contributed by atoms with E-state index in [0.717, 1.165) is 31.6 Å². The van der Waals surface area contributed by atoms with E-state index in [-0.39, 0.29) is 6.10 Å². The van der Waals surface area contributed by atoms with Gasteiger partial charge in [-0.15, -0.1) is 0 Å². The Kier molecular flexibility index (Phi) is 6.48. The molecule has 130 valence electrons. The third-order valence-electron chi connectivity index (χ3n) is 4.43. The Labute approximate surface area is 136 Å². The molecule has 0 amide bonds. The summed E-state index contributed by atoms with van der Waals surface area (Å²) in [5.74, 6) is -0.837. The minimum Gasteiger partial charge on any atom is -0.378 e. The minimum absolute atomic E-state index is 0.0531. The summed E-state index contributed by atoms with van der Waals surface area (Å²) in [4.78, 5) is 0. The molecule has 0 radical (unpaired) electrons. The lowest BCUT2D eigenvalue weighted by Crippen LogP contribution is -2.26. The minimum atomic E-state index is -3.59. The standard InChI is InChI=1S/C18H25F3O2/c1-3-4-5-6-11-23-14-8-9-15-13(12-14)7-10-16(17(15)19)18(20,21)22-2/h7,10,14H,3-6,8-9,11-12H2,1-2H3. The highest BCUT2D eigenvalue weighted by Crippen LogP contribution is 2.35. The van der Waals surface area contributed by atoms with E-state index < -0.39 is 17.5 Å². The molecule has 0 spiro atoms. The molecule has 2 nitrogen and oxygen atoms in total. The van der Waals surface area contributed by atoms with Crippen molar-refractivity contribution in [3.05, 3.63) is 34.6 Å². The van der Waals surface area contributed by atoms with Gasteiger partial charge in [0.1, 0.15) is 5.82 Å². The van der Waals surface area contributed by atoms with E-state index >= 15 is 0 Å². The molecule has 0 aromatic heterocycles. The van der Waals surface area contributed by atoms with Crippen LogP contribution in [0.15, 0.2) is 12.1 Å². The van der Waals surface area contributed by atoms with Gasteiger partial charge in [0.2, 0.25) is 0 Å². The molecule has 0 aliphatic heterocycles. The molecule has 2 rings (SSSR count). The first-order chi connectivity index (χ1) is 11.0. The monoisotopic (exact) mass is 330 g/mol. The second kappa shape index (κ2) is 8.15. The lowest BCUT2D eigenvalue weighted by Gasteiger charge is -2.27. The smallest absolute Gasteiger partial charge is 0.378 e. The second-order valence-corrected chi connectivity index (χ2v) is 6.08. The van der Waals surface area contributed by atoms with Gasteiger partial charge in [-0.25, -0.2) is 4.39 Å². The number of fused-ring (bicyclic) bond motifs is 1. The number of hydrogen-bond acceptors (Lipinski definition) is 2. The third-order valence-corrected chi connectivity index (χ3v) is 4.43. The van der Waals surface area contributed by atoms with Crippen molar-refractivity contribution in [2.45, 2.75) is 64.1 Å². The van der Waals surface area contributed by atoms with Crippen LogP contribution < -0.4 is 0 Å². The van der Waals surface area contributed by atoms with E-state index in [4.69, 9.17) is 4.74 Å². The van der Waals surface area contributed by atoms with Crippen molar-refractivity contribution in [2.75, 3.05) is 13.7 Å². The molecule has 1 aliphatic rings. The number of rotatable bonds is 8. The Morgan fingerprint density at radius 3 is 2.70 bits per heavy atom. The first kappa shape index (κ1) is 18.3. The van der Waals surface area contributed by atoms with Crippen LogP contribution in [-0.2, 0) is 28.4 Å². The molecule has 5 heteroatoms. The summed E-state index contributed by atoms with van der Waals surface area (Å²) < 4.78 is 51.5. The lowest BCUT2D eigenvalue weighted by molar-refractivity contribution is -0.233. The van der Waals surface area contributed by atoms with Gasteiger partial charge in [0.15, 0.2) is 0 Å². The molecule has 0 bridgehead atoms. The summed E-state index contributed by atoms with van der Waals surface area (Å²) in [6, 6.07) is 2.70. The normalized spacial score (nSPS) is 18.0. The van der Waals surface area contributed by atoms with Gasteiger partial charge in [0, 0.05) is 13.7 Å². The summed E-state index contributed by atoms with van der Waals surface area (Å²) in [6.07, 6.45) is 2.72. The Morgan fingerprint density at radius 1 is 1.22 bits per heavy atom. The highest BCUT2D eigenvalue weighted by atomic mass is 19.3. The zero-order valence-corrected chi connectivity index (χ0v) is 13.8. The first-order valence-electron chi connectivity index (χ1n) is 8.35. The van der Waals surface area contributed by atoms with Crippen LogP contribution in [0, 0.1) is 5.82 Å². The largest absolute Gasteiger partial charge is 0.385 e. The molecule has 1 unspecified atom stereocenters. The van der Waals surface area contributed by atoms with Gasteiger partial charge in [0.05, 0.1) is 11.7 Å². The molecule has 1 aromatic carbocycles. The van der Waals surface area contributed by atoms with Crippen molar-refractivity contribution >= 4 is 0 Å². The highest BCUT2D eigenvalue weighted by Gasteiger charge is 2.37. The van der Waals surface area contributed by atoms with Crippen LogP contribution in [0.3, 0.4) is 0 Å². The van der Waals surface area contributed by atoms with Gasteiger partial charge in [-0.1, -0.05) is 32.3 Å². The Balaban J connectivity index is 1.99. The average molecular weight is 330 g/mol. The predicted molar refractivity (Wildman–Crippen MR) is 83.2 cm³/mol. The maximum absolute atomic E-state index is 14.4. The molecule has 1 aromatic rings. The van der Waals surface area contributed by atoms with Crippen molar-refractivity contribution < 1.29 is 22.6 Å². The van der Waals surface area contributed by atoms with E-state index in [0.29, 0.717) is 31.4 Å². The van der Waals surface area contributed by atoms with Crippen LogP contribution in [0.5, 0.6) is 0 Å².